The highest BCUT2D eigenvalue weighted by Crippen LogP contribution is 2.41. The van der Waals surface area contributed by atoms with Crippen LogP contribution in [0.1, 0.15) is 36.2 Å². The Balaban J connectivity index is 2.01. The number of pyridine rings is 1. The number of benzene rings is 1. The fraction of sp³-hybridized carbons (Fsp3) is 0.474. The highest BCUT2D eigenvalue weighted by atomic mass is 19.1. The molecule has 1 saturated carbocycles. The number of carbonyl (C=O) groups is 1. The number of halogens is 2. The Morgan fingerprint density at radius 1 is 1.31 bits per heavy atom. The van der Waals surface area contributed by atoms with E-state index in [1.54, 1.807) is 0 Å². The maximum atomic E-state index is 15.7. The van der Waals surface area contributed by atoms with Crippen molar-refractivity contribution in [2.75, 3.05) is 30.3 Å². The van der Waals surface area contributed by atoms with Gasteiger partial charge in [0.05, 0.1) is 23.2 Å². The topological polar surface area (TPSA) is 121 Å². The van der Waals surface area contributed by atoms with Gasteiger partial charge in [0, 0.05) is 37.4 Å². The van der Waals surface area contributed by atoms with E-state index in [0.717, 1.165) is 6.20 Å². The zero-order valence-electron chi connectivity index (χ0n) is 15.8. The molecule has 8 nitrogen and oxygen atoms in total. The smallest absolute Gasteiger partial charge is 0.341 e. The number of piperazine rings is 1. The highest BCUT2D eigenvalue weighted by Gasteiger charge is 2.34. The van der Waals surface area contributed by atoms with E-state index in [4.69, 9.17) is 5.73 Å². The van der Waals surface area contributed by atoms with E-state index in [9.17, 15) is 19.8 Å². The molecular weight excluding hydrogens is 386 g/mol. The molecule has 2 fully saturated rings. The number of nitrogen functional groups attached to an aromatic ring is 1. The monoisotopic (exact) mass is 408 g/mol. The van der Waals surface area contributed by atoms with Crippen LogP contribution in [-0.2, 0) is 0 Å². The van der Waals surface area contributed by atoms with Crippen LogP contribution in [0, 0.1) is 11.6 Å². The molecular formula is C19H22F2N4O4. The Morgan fingerprint density at radius 2 is 2.00 bits per heavy atom. The molecule has 0 unspecified atom stereocenters. The summed E-state index contributed by atoms with van der Waals surface area (Å²) in [5.41, 5.74) is 3.24. The normalized spacial score (nSPS) is 22.3. The van der Waals surface area contributed by atoms with Crippen molar-refractivity contribution >= 4 is 28.2 Å². The van der Waals surface area contributed by atoms with Gasteiger partial charge >= 0.3 is 5.97 Å². The van der Waals surface area contributed by atoms with Gasteiger partial charge in [0.15, 0.2) is 11.6 Å². The second kappa shape index (κ2) is 6.96. The van der Waals surface area contributed by atoms with Crippen molar-refractivity contribution in [3.63, 3.8) is 0 Å². The largest absolute Gasteiger partial charge is 0.477 e. The molecule has 2 atom stereocenters. The average Bonchev–Trinajstić information content (AvgIpc) is 3.50. The van der Waals surface area contributed by atoms with E-state index >= 15 is 8.78 Å². The molecule has 2 aromatic rings. The second-order valence-electron chi connectivity index (χ2n) is 7.78. The molecule has 2 aliphatic rings. The fourth-order valence-corrected chi connectivity index (χ4v) is 4.09. The van der Waals surface area contributed by atoms with Crippen LogP contribution in [0.25, 0.3) is 10.9 Å². The number of aromatic nitrogens is 1. The summed E-state index contributed by atoms with van der Waals surface area (Å²) in [6, 6.07) is -0.693. The Labute approximate surface area is 164 Å². The first-order valence-corrected chi connectivity index (χ1v) is 9.45. The number of fused-ring (bicyclic) bond motifs is 1. The van der Waals surface area contributed by atoms with Crippen LogP contribution in [0.5, 0.6) is 0 Å². The number of rotatable bonds is 4. The van der Waals surface area contributed by atoms with Gasteiger partial charge in [0.25, 0.3) is 0 Å². The molecule has 1 aromatic carbocycles. The predicted molar refractivity (Wildman–Crippen MR) is 103 cm³/mol. The molecule has 0 spiro atoms. The molecule has 1 saturated heterocycles. The third-order valence-electron chi connectivity index (χ3n) is 5.53. The van der Waals surface area contributed by atoms with Crippen molar-refractivity contribution in [2.24, 2.45) is 0 Å². The van der Waals surface area contributed by atoms with Crippen LogP contribution >= 0.6 is 0 Å². The molecule has 2 heterocycles. The second-order valence-corrected chi connectivity index (χ2v) is 7.78. The van der Waals surface area contributed by atoms with Crippen molar-refractivity contribution < 1.29 is 23.8 Å². The number of carboxylic acid groups (broad SMARTS) is 1. The molecule has 4 rings (SSSR count). The Hall–Kier alpha value is -2.72. The van der Waals surface area contributed by atoms with E-state index < -0.39 is 39.7 Å². The van der Waals surface area contributed by atoms with E-state index in [1.165, 1.54) is 9.47 Å². The average molecular weight is 408 g/mol. The Bertz CT molecular complexity index is 1070. The first-order valence-electron chi connectivity index (χ1n) is 9.45. The van der Waals surface area contributed by atoms with Gasteiger partial charge in [-0.15, -0.1) is 0 Å². The minimum atomic E-state index is -1.47. The summed E-state index contributed by atoms with van der Waals surface area (Å²) in [5.74, 6) is -3.52. The van der Waals surface area contributed by atoms with Crippen LogP contribution in [0.15, 0.2) is 11.0 Å². The van der Waals surface area contributed by atoms with Gasteiger partial charge in [0.2, 0.25) is 5.43 Å². The number of anilines is 2. The van der Waals surface area contributed by atoms with Crippen molar-refractivity contribution in [2.45, 2.75) is 37.9 Å². The van der Waals surface area contributed by atoms with Gasteiger partial charge in [-0.05, 0) is 19.8 Å². The number of nitrogens with one attached hydrogen (secondary N) is 1. The van der Waals surface area contributed by atoms with Crippen molar-refractivity contribution in [3.8, 4) is 0 Å². The minimum absolute atomic E-state index is 0.142. The summed E-state index contributed by atoms with van der Waals surface area (Å²) in [7, 11) is 0. The van der Waals surface area contributed by atoms with Crippen LogP contribution in [0.2, 0.25) is 0 Å². The van der Waals surface area contributed by atoms with Gasteiger partial charge in [0.1, 0.15) is 11.3 Å². The molecule has 156 valence electrons. The summed E-state index contributed by atoms with van der Waals surface area (Å²) in [6.07, 6.45) is 2.51. The molecule has 5 N–H and O–H groups in total. The van der Waals surface area contributed by atoms with Crippen LogP contribution in [-0.4, -0.2) is 52.5 Å². The number of aliphatic hydroxyl groups excluding tert-OH is 1. The fourth-order valence-electron chi connectivity index (χ4n) is 4.09. The maximum Gasteiger partial charge on any atom is 0.341 e. The van der Waals surface area contributed by atoms with Crippen molar-refractivity contribution in [1.29, 1.82) is 0 Å². The number of aromatic carboxylic acids is 1. The Kier molecular flexibility index (Phi) is 4.70. The van der Waals surface area contributed by atoms with Crippen LogP contribution < -0.4 is 21.4 Å². The number of nitrogens with two attached hydrogens (primary N) is 1. The Morgan fingerprint density at radius 3 is 2.59 bits per heavy atom. The molecule has 0 amide bonds. The number of hydrogen-bond acceptors (Lipinski definition) is 6. The summed E-state index contributed by atoms with van der Waals surface area (Å²) in [6.45, 7) is 2.05. The first kappa shape index (κ1) is 19.6. The third-order valence-corrected chi connectivity index (χ3v) is 5.53. The van der Waals surface area contributed by atoms with Gasteiger partial charge < -0.3 is 30.7 Å². The molecule has 1 aliphatic carbocycles. The predicted octanol–water partition coefficient (Wildman–Crippen LogP) is 1.05. The molecule has 0 bridgehead atoms. The van der Waals surface area contributed by atoms with Gasteiger partial charge in [-0.1, -0.05) is 0 Å². The molecule has 1 aliphatic heterocycles. The molecule has 1 aromatic heterocycles. The molecule has 29 heavy (non-hydrogen) atoms. The zero-order chi connectivity index (χ0) is 21.0. The number of carboxylic acids is 1. The van der Waals surface area contributed by atoms with E-state index in [0.29, 0.717) is 12.8 Å². The maximum absolute atomic E-state index is 15.7. The van der Waals surface area contributed by atoms with Crippen LogP contribution in [0.4, 0.5) is 20.2 Å². The number of aliphatic hydroxyl groups is 1. The molecule has 10 heteroatoms. The lowest BCUT2D eigenvalue weighted by Gasteiger charge is -2.39. The van der Waals surface area contributed by atoms with Crippen molar-refractivity contribution in [1.82, 2.24) is 9.88 Å². The van der Waals surface area contributed by atoms with Crippen LogP contribution in [0.3, 0.4) is 0 Å². The lowest BCUT2D eigenvalue weighted by molar-refractivity contribution is 0.0695. The highest BCUT2D eigenvalue weighted by molar-refractivity contribution is 5.99. The summed E-state index contributed by atoms with van der Waals surface area (Å²) >= 11 is 0. The summed E-state index contributed by atoms with van der Waals surface area (Å²) < 4.78 is 32.3. The summed E-state index contributed by atoms with van der Waals surface area (Å²) in [5, 5.41) is 21.5. The van der Waals surface area contributed by atoms with E-state index in [-0.39, 0.29) is 49.0 Å². The lowest BCUT2D eigenvalue weighted by atomic mass is 10.0. The van der Waals surface area contributed by atoms with Gasteiger partial charge in [-0.25, -0.2) is 13.6 Å². The number of hydrogen-bond donors (Lipinski definition) is 4. The quantitative estimate of drug-likeness (QED) is 0.558. The third kappa shape index (κ3) is 3.12. The van der Waals surface area contributed by atoms with Crippen molar-refractivity contribution in [3.05, 3.63) is 33.6 Å². The molecule has 0 radical (unpaired) electrons. The van der Waals surface area contributed by atoms with E-state index in [2.05, 4.69) is 5.32 Å². The van der Waals surface area contributed by atoms with Gasteiger partial charge in [-0.3, -0.25) is 4.79 Å². The standard InChI is InChI=1S/C19H22F2N4O4/c1-8-4-24(5-9(7-26)23-8)17-13(20)15(22)12-16(14(17)21)25(10-2-3-10)6-11(18(12)27)19(28)29/h6,8-10,23,26H,2-5,7,22H2,1H3,(H,28,29)/t8-,9-/m0/s1. The summed E-state index contributed by atoms with van der Waals surface area (Å²) in [4.78, 5) is 25.6. The zero-order valence-corrected chi connectivity index (χ0v) is 15.8. The SMILES string of the molecule is C[C@H]1CN(c2c(F)c(N)c3c(=O)c(C(=O)O)cn(C4CC4)c3c2F)C[C@@H](CO)N1. The first-order chi connectivity index (χ1) is 13.7. The minimum Gasteiger partial charge on any atom is -0.477 e. The number of nitrogens with zero attached hydrogens (tertiary/aromatic N) is 2. The lowest BCUT2D eigenvalue weighted by Crippen LogP contribution is -2.57. The van der Waals surface area contributed by atoms with Gasteiger partial charge in [-0.2, -0.15) is 0 Å². The van der Waals surface area contributed by atoms with E-state index in [1.807, 2.05) is 6.92 Å².